The lowest BCUT2D eigenvalue weighted by atomic mass is 10.2. The number of carbonyl (C=O) groups excluding carboxylic acids is 1. The van der Waals surface area contributed by atoms with E-state index in [0.29, 0.717) is 6.54 Å². The molecule has 108 valence electrons. The van der Waals surface area contributed by atoms with Crippen molar-refractivity contribution in [2.24, 2.45) is 0 Å². The molecule has 0 bridgehead atoms. The molecule has 0 atom stereocenters. The Morgan fingerprint density at radius 3 is 2.33 bits per heavy atom. The molecule has 0 saturated heterocycles. The predicted octanol–water partition coefficient (Wildman–Crippen LogP) is 3.76. The van der Waals surface area contributed by atoms with E-state index in [-0.39, 0.29) is 5.91 Å². The van der Waals surface area contributed by atoms with Crippen molar-refractivity contribution in [2.75, 3.05) is 18.6 Å². The minimum Gasteiger partial charge on any atom is -0.497 e. The van der Waals surface area contributed by atoms with Gasteiger partial charge in [0.2, 0.25) is 5.91 Å². The van der Waals surface area contributed by atoms with Crippen molar-refractivity contribution < 1.29 is 9.53 Å². The van der Waals surface area contributed by atoms with Crippen molar-refractivity contribution in [3.63, 3.8) is 0 Å². The minimum atomic E-state index is 0.0119. The van der Waals surface area contributed by atoms with Crippen LogP contribution in [0.2, 0.25) is 0 Å². The summed E-state index contributed by atoms with van der Waals surface area (Å²) in [6.07, 6.45) is 4.00. The number of nitrogens with zero attached hydrogens (tertiary/aromatic N) is 1. The average molecular weight is 281 g/mol. The molecule has 0 saturated carbocycles. The van der Waals surface area contributed by atoms with Gasteiger partial charge in [0.15, 0.2) is 0 Å². The quantitative estimate of drug-likeness (QED) is 0.835. The third kappa shape index (κ3) is 4.21. The second kappa shape index (κ2) is 7.29. The van der Waals surface area contributed by atoms with Crippen LogP contribution in [0.4, 0.5) is 5.69 Å². The summed E-state index contributed by atoms with van der Waals surface area (Å²) in [5.41, 5.74) is 1.98. The van der Waals surface area contributed by atoms with Gasteiger partial charge >= 0.3 is 0 Å². The summed E-state index contributed by atoms with van der Waals surface area (Å²) in [6.45, 7) is 2.11. The van der Waals surface area contributed by atoms with Crippen LogP contribution in [0.3, 0.4) is 0 Å². The van der Waals surface area contributed by atoms with E-state index in [1.807, 2.05) is 66.7 Å². The lowest BCUT2D eigenvalue weighted by molar-refractivity contribution is -0.116. The molecule has 2 aromatic rings. The first-order valence-electron chi connectivity index (χ1n) is 6.84. The molecule has 0 unspecified atom stereocenters. The molecule has 0 spiro atoms. The Hall–Kier alpha value is -2.55. The average Bonchev–Trinajstić information content (AvgIpc) is 2.52. The van der Waals surface area contributed by atoms with Gasteiger partial charge in [-0.1, -0.05) is 42.5 Å². The van der Waals surface area contributed by atoms with Gasteiger partial charge in [-0.15, -0.1) is 0 Å². The molecule has 3 heteroatoms. The van der Waals surface area contributed by atoms with Gasteiger partial charge in [-0.2, -0.15) is 0 Å². The van der Waals surface area contributed by atoms with Crippen LogP contribution in [0, 0.1) is 0 Å². The van der Waals surface area contributed by atoms with Crippen LogP contribution in [0.15, 0.2) is 60.7 Å². The van der Waals surface area contributed by atoms with Gasteiger partial charge in [0.1, 0.15) is 5.75 Å². The topological polar surface area (TPSA) is 29.5 Å². The van der Waals surface area contributed by atoms with Crippen molar-refractivity contribution in [3.8, 4) is 5.75 Å². The summed E-state index contributed by atoms with van der Waals surface area (Å²) >= 11 is 0. The minimum absolute atomic E-state index is 0.0119. The number of benzene rings is 2. The third-order valence-electron chi connectivity index (χ3n) is 3.16. The highest BCUT2D eigenvalue weighted by Crippen LogP contribution is 2.19. The summed E-state index contributed by atoms with van der Waals surface area (Å²) in [5.74, 6) is 0.792. The standard InChI is InChI=1S/C18H19NO2/c1-15(20)19(17-10-12-18(21-2)13-11-17)14-6-9-16-7-4-3-5-8-16/h3-13H,14H2,1-2H3/b9-6+. The summed E-state index contributed by atoms with van der Waals surface area (Å²) in [5, 5.41) is 0. The Labute approximate surface area is 125 Å². The summed E-state index contributed by atoms with van der Waals surface area (Å²) < 4.78 is 5.13. The maximum atomic E-state index is 11.8. The molecular formula is C18H19NO2. The maximum Gasteiger partial charge on any atom is 0.224 e. The van der Waals surface area contributed by atoms with Crippen molar-refractivity contribution in [1.29, 1.82) is 0 Å². The molecule has 0 heterocycles. The third-order valence-corrected chi connectivity index (χ3v) is 3.16. The highest BCUT2D eigenvalue weighted by atomic mass is 16.5. The van der Waals surface area contributed by atoms with Crippen LogP contribution >= 0.6 is 0 Å². The number of rotatable bonds is 5. The molecule has 0 fully saturated rings. The predicted molar refractivity (Wildman–Crippen MR) is 86.5 cm³/mol. The van der Waals surface area contributed by atoms with E-state index in [1.54, 1.807) is 18.9 Å². The fourth-order valence-electron chi connectivity index (χ4n) is 2.04. The second-order valence-corrected chi connectivity index (χ2v) is 4.64. The van der Waals surface area contributed by atoms with Crippen molar-refractivity contribution >= 4 is 17.7 Å². The number of ether oxygens (including phenoxy) is 1. The van der Waals surface area contributed by atoms with E-state index < -0.39 is 0 Å². The van der Waals surface area contributed by atoms with E-state index in [9.17, 15) is 4.79 Å². The van der Waals surface area contributed by atoms with Gasteiger partial charge in [-0.3, -0.25) is 4.79 Å². The highest BCUT2D eigenvalue weighted by Gasteiger charge is 2.09. The van der Waals surface area contributed by atoms with Gasteiger partial charge in [0.05, 0.1) is 7.11 Å². The van der Waals surface area contributed by atoms with Crippen LogP contribution in [0.1, 0.15) is 12.5 Å². The number of hydrogen-bond donors (Lipinski definition) is 0. The molecule has 1 amide bonds. The first-order chi connectivity index (χ1) is 10.2. The zero-order valence-electron chi connectivity index (χ0n) is 12.3. The van der Waals surface area contributed by atoms with Gasteiger partial charge < -0.3 is 9.64 Å². The SMILES string of the molecule is COc1ccc(N(C/C=C/c2ccccc2)C(C)=O)cc1. The Kier molecular flexibility index (Phi) is 5.16. The fourth-order valence-corrected chi connectivity index (χ4v) is 2.04. The van der Waals surface area contributed by atoms with Gasteiger partial charge in [-0.05, 0) is 29.8 Å². The number of hydrogen-bond acceptors (Lipinski definition) is 2. The molecule has 21 heavy (non-hydrogen) atoms. The Balaban J connectivity index is 2.08. The first kappa shape index (κ1) is 14.9. The number of amides is 1. The summed E-state index contributed by atoms with van der Waals surface area (Å²) in [7, 11) is 1.63. The zero-order chi connectivity index (χ0) is 15.1. The lowest BCUT2D eigenvalue weighted by Crippen LogP contribution is -2.28. The first-order valence-corrected chi connectivity index (χ1v) is 6.84. The number of anilines is 1. The van der Waals surface area contributed by atoms with Crippen LogP contribution in [0.25, 0.3) is 6.08 Å². The van der Waals surface area contributed by atoms with E-state index in [0.717, 1.165) is 17.0 Å². The van der Waals surface area contributed by atoms with Crippen LogP contribution in [-0.4, -0.2) is 19.6 Å². The lowest BCUT2D eigenvalue weighted by Gasteiger charge is -2.19. The molecule has 0 aliphatic heterocycles. The summed E-state index contributed by atoms with van der Waals surface area (Å²) in [4.78, 5) is 13.5. The summed E-state index contributed by atoms with van der Waals surface area (Å²) in [6, 6.07) is 17.5. The van der Waals surface area contributed by atoms with Crippen molar-refractivity contribution in [2.45, 2.75) is 6.92 Å². The molecule has 2 rings (SSSR count). The van der Waals surface area contributed by atoms with E-state index in [2.05, 4.69) is 0 Å². The van der Waals surface area contributed by atoms with Gasteiger partial charge in [0.25, 0.3) is 0 Å². The largest absolute Gasteiger partial charge is 0.497 e. The second-order valence-electron chi connectivity index (χ2n) is 4.64. The maximum absolute atomic E-state index is 11.8. The molecule has 0 aliphatic rings. The Bertz CT molecular complexity index is 603. The molecule has 3 nitrogen and oxygen atoms in total. The fraction of sp³-hybridized carbons (Fsp3) is 0.167. The van der Waals surface area contributed by atoms with Crippen molar-refractivity contribution in [1.82, 2.24) is 0 Å². The van der Waals surface area contributed by atoms with Crippen LogP contribution < -0.4 is 9.64 Å². The molecule has 0 N–H and O–H groups in total. The molecule has 0 aliphatic carbocycles. The van der Waals surface area contributed by atoms with E-state index in [1.165, 1.54) is 0 Å². The van der Waals surface area contributed by atoms with Gasteiger partial charge in [0, 0.05) is 19.2 Å². The smallest absolute Gasteiger partial charge is 0.224 e. The Morgan fingerprint density at radius 1 is 1.10 bits per heavy atom. The van der Waals surface area contributed by atoms with Crippen LogP contribution in [-0.2, 0) is 4.79 Å². The van der Waals surface area contributed by atoms with Gasteiger partial charge in [-0.25, -0.2) is 0 Å². The zero-order valence-corrected chi connectivity index (χ0v) is 12.3. The normalized spacial score (nSPS) is 10.6. The molecule has 0 aromatic heterocycles. The van der Waals surface area contributed by atoms with E-state index in [4.69, 9.17) is 4.74 Å². The van der Waals surface area contributed by atoms with Crippen molar-refractivity contribution in [3.05, 3.63) is 66.2 Å². The van der Waals surface area contributed by atoms with Crippen LogP contribution in [0.5, 0.6) is 5.75 Å². The highest BCUT2D eigenvalue weighted by molar-refractivity contribution is 5.91. The molecule has 2 aromatic carbocycles. The Morgan fingerprint density at radius 2 is 1.76 bits per heavy atom. The number of carbonyl (C=O) groups is 1. The number of methoxy groups -OCH3 is 1. The van der Waals surface area contributed by atoms with E-state index >= 15 is 0 Å². The molecular weight excluding hydrogens is 262 g/mol. The monoisotopic (exact) mass is 281 g/mol. The molecule has 0 radical (unpaired) electrons.